The van der Waals surface area contributed by atoms with Gasteiger partial charge in [0, 0.05) is 53.9 Å². The van der Waals surface area contributed by atoms with Crippen LogP contribution in [0, 0.1) is 5.41 Å². The predicted molar refractivity (Wildman–Crippen MR) is 121 cm³/mol. The van der Waals surface area contributed by atoms with E-state index >= 15 is 0 Å². The number of aromatic nitrogens is 3. The quantitative estimate of drug-likeness (QED) is 0.685. The van der Waals surface area contributed by atoms with E-state index in [9.17, 15) is 0 Å². The molecule has 3 aromatic rings. The standard InChI is InChI=1S/C24H31N5O/c1-4-28-11-9-24(15-28)10-12-29(16-24)19-6-7-21-20(13-19)23(27-26-21)18-5-8-22(25-14-18)30-17(2)3/h5-8,13-14,17H,4,9-12,15-16H2,1-3H3,(H,26,27). The first-order valence-electron chi connectivity index (χ1n) is 11.1. The molecule has 0 saturated carbocycles. The molecule has 0 bridgehead atoms. The zero-order valence-corrected chi connectivity index (χ0v) is 18.2. The van der Waals surface area contributed by atoms with E-state index in [1.165, 1.54) is 38.2 Å². The van der Waals surface area contributed by atoms with E-state index in [1.54, 1.807) is 0 Å². The lowest BCUT2D eigenvalue weighted by molar-refractivity contribution is 0.232. The summed E-state index contributed by atoms with van der Waals surface area (Å²) < 4.78 is 5.67. The Bertz CT molecular complexity index is 1030. The van der Waals surface area contributed by atoms with Gasteiger partial charge in [0.15, 0.2) is 0 Å². The lowest BCUT2D eigenvalue weighted by atomic mass is 9.86. The van der Waals surface area contributed by atoms with Gasteiger partial charge in [-0.25, -0.2) is 4.98 Å². The number of benzene rings is 1. The monoisotopic (exact) mass is 405 g/mol. The molecule has 6 heteroatoms. The molecule has 1 spiro atoms. The fourth-order valence-electron chi connectivity index (χ4n) is 5.04. The van der Waals surface area contributed by atoms with Crippen molar-refractivity contribution in [3.63, 3.8) is 0 Å². The van der Waals surface area contributed by atoms with Crippen molar-refractivity contribution in [2.45, 2.75) is 39.7 Å². The van der Waals surface area contributed by atoms with Crippen LogP contribution < -0.4 is 9.64 Å². The molecule has 2 aliphatic rings. The minimum Gasteiger partial charge on any atom is -0.475 e. The summed E-state index contributed by atoms with van der Waals surface area (Å²) in [6.07, 6.45) is 4.58. The SMILES string of the molecule is CCN1CCC2(CCN(c3ccc4[nH]nc(-c5ccc(OC(C)C)nc5)c4c3)C2)C1. The Kier molecular flexibility index (Phi) is 4.89. The smallest absolute Gasteiger partial charge is 0.213 e. The van der Waals surface area contributed by atoms with Gasteiger partial charge in [-0.3, -0.25) is 5.10 Å². The Morgan fingerprint density at radius 1 is 1.13 bits per heavy atom. The maximum atomic E-state index is 5.67. The third-order valence-corrected chi connectivity index (χ3v) is 6.68. The molecular weight excluding hydrogens is 374 g/mol. The molecule has 0 radical (unpaired) electrons. The number of hydrogen-bond donors (Lipinski definition) is 1. The number of anilines is 1. The average Bonchev–Trinajstić information content (AvgIpc) is 3.47. The van der Waals surface area contributed by atoms with Crippen LogP contribution in [0.5, 0.6) is 5.88 Å². The van der Waals surface area contributed by atoms with Crippen molar-refractivity contribution in [3.8, 4) is 17.1 Å². The van der Waals surface area contributed by atoms with E-state index in [4.69, 9.17) is 4.74 Å². The molecule has 5 rings (SSSR count). The molecule has 1 unspecified atom stereocenters. The number of aromatic amines is 1. The first kappa shape index (κ1) is 19.4. The first-order chi connectivity index (χ1) is 14.5. The average molecular weight is 406 g/mol. The summed E-state index contributed by atoms with van der Waals surface area (Å²) >= 11 is 0. The summed E-state index contributed by atoms with van der Waals surface area (Å²) in [7, 11) is 0. The molecule has 0 amide bonds. The van der Waals surface area contributed by atoms with E-state index < -0.39 is 0 Å². The molecule has 2 saturated heterocycles. The maximum Gasteiger partial charge on any atom is 0.213 e. The van der Waals surface area contributed by atoms with Gasteiger partial charge in [0.2, 0.25) is 5.88 Å². The highest BCUT2D eigenvalue weighted by molar-refractivity contribution is 5.94. The number of fused-ring (bicyclic) bond motifs is 1. The molecule has 6 nitrogen and oxygen atoms in total. The number of likely N-dealkylation sites (tertiary alicyclic amines) is 1. The fraction of sp³-hybridized carbons (Fsp3) is 0.500. The first-order valence-corrected chi connectivity index (χ1v) is 11.1. The molecule has 2 fully saturated rings. The van der Waals surface area contributed by atoms with Gasteiger partial charge >= 0.3 is 0 Å². The van der Waals surface area contributed by atoms with Gasteiger partial charge in [0.1, 0.15) is 5.69 Å². The molecule has 1 aromatic carbocycles. The van der Waals surface area contributed by atoms with Gasteiger partial charge in [-0.15, -0.1) is 0 Å². The Hall–Kier alpha value is -2.60. The summed E-state index contributed by atoms with van der Waals surface area (Å²) in [5.74, 6) is 0.648. The second-order valence-corrected chi connectivity index (χ2v) is 9.14. The minimum absolute atomic E-state index is 0.116. The Morgan fingerprint density at radius 3 is 2.73 bits per heavy atom. The molecule has 2 aromatic heterocycles. The fourth-order valence-corrected chi connectivity index (χ4v) is 5.04. The molecule has 0 aliphatic carbocycles. The third kappa shape index (κ3) is 3.54. The number of nitrogens with one attached hydrogen (secondary N) is 1. The Balaban J connectivity index is 1.40. The van der Waals surface area contributed by atoms with E-state index in [0.29, 0.717) is 11.3 Å². The van der Waals surface area contributed by atoms with Gasteiger partial charge in [0.25, 0.3) is 0 Å². The van der Waals surface area contributed by atoms with Crippen molar-refractivity contribution in [1.82, 2.24) is 20.1 Å². The molecule has 158 valence electrons. The molecule has 30 heavy (non-hydrogen) atoms. The second kappa shape index (κ2) is 7.58. The highest BCUT2D eigenvalue weighted by Crippen LogP contribution is 2.41. The van der Waals surface area contributed by atoms with Crippen molar-refractivity contribution < 1.29 is 4.74 Å². The normalized spacial score (nSPS) is 22.1. The summed E-state index contributed by atoms with van der Waals surface area (Å²) in [6.45, 7) is 12.2. The van der Waals surface area contributed by atoms with Crippen molar-refractivity contribution in [3.05, 3.63) is 36.5 Å². The Labute approximate surface area is 178 Å². The predicted octanol–water partition coefficient (Wildman–Crippen LogP) is 4.33. The maximum absolute atomic E-state index is 5.67. The van der Waals surface area contributed by atoms with Crippen LogP contribution in [0.15, 0.2) is 36.5 Å². The van der Waals surface area contributed by atoms with E-state index in [2.05, 4.69) is 50.1 Å². The van der Waals surface area contributed by atoms with Crippen LogP contribution in [-0.4, -0.2) is 58.9 Å². The van der Waals surface area contributed by atoms with Gasteiger partial charge in [-0.2, -0.15) is 5.10 Å². The molecule has 1 atom stereocenters. The molecular formula is C24H31N5O. The second-order valence-electron chi connectivity index (χ2n) is 9.14. The highest BCUT2D eigenvalue weighted by Gasteiger charge is 2.43. The van der Waals surface area contributed by atoms with Crippen LogP contribution in [0.3, 0.4) is 0 Å². The van der Waals surface area contributed by atoms with E-state index in [-0.39, 0.29) is 6.10 Å². The summed E-state index contributed by atoms with van der Waals surface area (Å²) in [4.78, 5) is 9.61. The Morgan fingerprint density at radius 2 is 2.00 bits per heavy atom. The topological polar surface area (TPSA) is 57.3 Å². The van der Waals surface area contributed by atoms with Gasteiger partial charge in [0.05, 0.1) is 11.6 Å². The zero-order chi connectivity index (χ0) is 20.7. The van der Waals surface area contributed by atoms with E-state index in [0.717, 1.165) is 35.2 Å². The molecule has 4 heterocycles. The molecule has 1 N–H and O–H groups in total. The lowest BCUT2D eigenvalue weighted by Crippen LogP contribution is -2.30. The van der Waals surface area contributed by atoms with Crippen LogP contribution in [0.1, 0.15) is 33.6 Å². The van der Waals surface area contributed by atoms with Crippen LogP contribution in [0.2, 0.25) is 0 Å². The number of H-pyrrole nitrogens is 1. The van der Waals surface area contributed by atoms with Crippen LogP contribution >= 0.6 is 0 Å². The third-order valence-electron chi connectivity index (χ3n) is 6.68. The van der Waals surface area contributed by atoms with Crippen LogP contribution in [0.4, 0.5) is 5.69 Å². The lowest BCUT2D eigenvalue weighted by Gasteiger charge is -2.25. The van der Waals surface area contributed by atoms with Crippen molar-refractivity contribution >= 4 is 16.6 Å². The highest BCUT2D eigenvalue weighted by atomic mass is 16.5. The minimum atomic E-state index is 0.116. The van der Waals surface area contributed by atoms with Crippen LogP contribution in [0.25, 0.3) is 22.2 Å². The molecule has 2 aliphatic heterocycles. The number of hydrogen-bond acceptors (Lipinski definition) is 5. The summed E-state index contributed by atoms with van der Waals surface area (Å²) in [5.41, 5.74) is 4.78. The number of ether oxygens (including phenoxy) is 1. The summed E-state index contributed by atoms with van der Waals surface area (Å²) in [5, 5.41) is 8.91. The van der Waals surface area contributed by atoms with E-state index in [1.807, 2.05) is 32.2 Å². The summed E-state index contributed by atoms with van der Waals surface area (Å²) in [6, 6.07) is 10.6. The number of pyridine rings is 1. The zero-order valence-electron chi connectivity index (χ0n) is 18.2. The van der Waals surface area contributed by atoms with Gasteiger partial charge < -0.3 is 14.5 Å². The van der Waals surface area contributed by atoms with Crippen molar-refractivity contribution in [2.24, 2.45) is 5.41 Å². The van der Waals surface area contributed by atoms with Gasteiger partial charge in [-0.05, 0) is 64.0 Å². The largest absolute Gasteiger partial charge is 0.475 e. The van der Waals surface area contributed by atoms with Crippen molar-refractivity contribution in [2.75, 3.05) is 37.6 Å². The number of nitrogens with zero attached hydrogens (tertiary/aromatic N) is 4. The number of rotatable bonds is 5. The van der Waals surface area contributed by atoms with Crippen LogP contribution in [-0.2, 0) is 0 Å². The van der Waals surface area contributed by atoms with Gasteiger partial charge in [-0.1, -0.05) is 6.92 Å². The van der Waals surface area contributed by atoms with Crippen molar-refractivity contribution in [1.29, 1.82) is 0 Å².